The molecule has 0 aliphatic carbocycles. The Kier molecular flexibility index (Phi) is 5.25. The number of carbonyl (C=O) groups excluding carboxylic acids is 1. The third-order valence-corrected chi connectivity index (χ3v) is 8.44. The van der Waals surface area contributed by atoms with Crippen molar-refractivity contribution >= 4 is 29.4 Å². The van der Waals surface area contributed by atoms with Crippen LogP contribution in [-0.4, -0.2) is 35.4 Å². The summed E-state index contributed by atoms with van der Waals surface area (Å²) in [5.41, 5.74) is 1.17. The van der Waals surface area contributed by atoms with Crippen molar-refractivity contribution in [3.63, 3.8) is 0 Å². The van der Waals surface area contributed by atoms with Crippen LogP contribution in [0.15, 0.2) is 48.5 Å². The number of rotatable bonds is 4. The first-order chi connectivity index (χ1) is 17.5. The molecule has 0 saturated carbocycles. The Morgan fingerprint density at radius 2 is 1.81 bits per heavy atom. The minimum atomic E-state index is -3.10. The predicted molar refractivity (Wildman–Crippen MR) is 130 cm³/mol. The molecule has 4 aromatic rings. The quantitative estimate of drug-likeness (QED) is 0.276. The van der Waals surface area contributed by atoms with Gasteiger partial charge in [-0.05, 0) is 44.0 Å². The molecule has 1 aromatic heterocycles. The van der Waals surface area contributed by atoms with Crippen LogP contribution in [0.4, 0.5) is 17.6 Å². The van der Waals surface area contributed by atoms with Gasteiger partial charge in [0, 0.05) is 33.6 Å². The van der Waals surface area contributed by atoms with E-state index < -0.39 is 43.4 Å². The number of aromatic nitrogens is 2. The molecule has 0 unspecified atom stereocenters. The van der Waals surface area contributed by atoms with Crippen molar-refractivity contribution in [2.75, 3.05) is 13.3 Å². The smallest absolute Gasteiger partial charge is 0.387 e. The Bertz CT molecular complexity index is 1660. The molecule has 2 aliphatic heterocycles. The van der Waals surface area contributed by atoms with E-state index in [1.807, 2.05) is 0 Å². The van der Waals surface area contributed by atoms with Crippen molar-refractivity contribution in [1.29, 1.82) is 0 Å². The van der Waals surface area contributed by atoms with Crippen molar-refractivity contribution in [2.45, 2.75) is 25.1 Å². The Morgan fingerprint density at radius 3 is 2.51 bits per heavy atom. The van der Waals surface area contributed by atoms with Gasteiger partial charge in [-0.15, -0.1) is 0 Å². The van der Waals surface area contributed by atoms with Gasteiger partial charge in [-0.1, -0.05) is 18.2 Å². The maximum Gasteiger partial charge on any atom is 0.387 e. The molecule has 190 valence electrons. The zero-order valence-electron chi connectivity index (χ0n) is 19.6. The summed E-state index contributed by atoms with van der Waals surface area (Å²) in [6, 6.07) is 9.93. The molecule has 1 N–H and O–H groups in total. The molecule has 3 heterocycles. The van der Waals surface area contributed by atoms with Gasteiger partial charge in [0.15, 0.2) is 0 Å². The summed E-state index contributed by atoms with van der Waals surface area (Å²) in [5.74, 6) is -1.56. The Balaban J connectivity index is 1.56. The molecule has 2 atom stereocenters. The van der Waals surface area contributed by atoms with Crippen molar-refractivity contribution in [3.05, 3.63) is 77.1 Å². The SMILES string of the molecule is CP(C)(=O)c1ccc(-c2cc3c(cc2F)nc2n3[C@@H]3C[C@H]2NC(=O)c2cccc(OC(F)F)c23)c(F)c1. The highest BCUT2D eigenvalue weighted by Crippen LogP contribution is 2.48. The average Bonchev–Trinajstić information content (AvgIpc) is 3.29. The van der Waals surface area contributed by atoms with Gasteiger partial charge in [-0.25, -0.2) is 13.8 Å². The number of nitrogens with one attached hydrogen (secondary N) is 1. The molecule has 2 bridgehead atoms. The molecule has 3 aromatic carbocycles. The fourth-order valence-corrected chi connectivity index (χ4v) is 6.15. The van der Waals surface area contributed by atoms with Crippen LogP contribution in [0.5, 0.6) is 5.75 Å². The highest BCUT2D eigenvalue weighted by atomic mass is 31.2. The third kappa shape index (κ3) is 3.73. The maximum absolute atomic E-state index is 15.2. The molecule has 0 spiro atoms. The molecular formula is C26H20F4N3O3P. The minimum Gasteiger partial charge on any atom is -0.434 e. The number of hydrogen-bond acceptors (Lipinski definition) is 4. The van der Waals surface area contributed by atoms with E-state index in [0.717, 1.165) is 6.07 Å². The second-order valence-electron chi connectivity index (χ2n) is 9.55. The summed E-state index contributed by atoms with van der Waals surface area (Å²) in [5, 5.41) is 3.21. The molecule has 0 radical (unpaired) electrons. The molecule has 6 rings (SSSR count). The lowest BCUT2D eigenvalue weighted by Crippen LogP contribution is -2.28. The van der Waals surface area contributed by atoms with E-state index in [-0.39, 0.29) is 33.5 Å². The van der Waals surface area contributed by atoms with Crippen molar-refractivity contribution in [3.8, 4) is 16.9 Å². The number of alkyl halides is 2. The molecule has 0 fully saturated rings. The number of nitrogens with zero attached hydrogens (tertiary/aromatic N) is 2. The van der Waals surface area contributed by atoms with Gasteiger partial charge >= 0.3 is 6.61 Å². The lowest BCUT2D eigenvalue weighted by Gasteiger charge is -2.21. The number of carbonyl (C=O) groups is 1. The first kappa shape index (κ1) is 23.7. The van der Waals surface area contributed by atoms with E-state index in [0.29, 0.717) is 23.1 Å². The maximum atomic E-state index is 15.2. The highest BCUT2D eigenvalue weighted by Gasteiger charge is 2.42. The van der Waals surface area contributed by atoms with E-state index in [2.05, 4.69) is 10.3 Å². The van der Waals surface area contributed by atoms with Crippen LogP contribution in [0.3, 0.4) is 0 Å². The van der Waals surface area contributed by atoms with Crippen LogP contribution in [0, 0.1) is 11.6 Å². The second-order valence-corrected chi connectivity index (χ2v) is 12.8. The average molecular weight is 529 g/mol. The molecule has 6 nitrogen and oxygen atoms in total. The lowest BCUT2D eigenvalue weighted by atomic mass is 9.97. The fourth-order valence-electron chi connectivity index (χ4n) is 5.30. The first-order valence-electron chi connectivity index (χ1n) is 11.5. The minimum absolute atomic E-state index is 0.0132. The van der Waals surface area contributed by atoms with Crippen LogP contribution in [0.25, 0.3) is 22.2 Å². The molecule has 37 heavy (non-hydrogen) atoms. The van der Waals surface area contributed by atoms with E-state index in [1.165, 1.54) is 55.8 Å². The van der Waals surface area contributed by atoms with E-state index >= 15 is 8.78 Å². The van der Waals surface area contributed by atoms with Gasteiger partial charge in [-0.2, -0.15) is 8.78 Å². The van der Waals surface area contributed by atoms with Crippen molar-refractivity contribution < 1.29 is 31.7 Å². The molecular weight excluding hydrogens is 509 g/mol. The van der Waals surface area contributed by atoms with Gasteiger partial charge < -0.3 is 19.2 Å². The van der Waals surface area contributed by atoms with Crippen LogP contribution in [0.1, 0.15) is 40.3 Å². The van der Waals surface area contributed by atoms with Crippen LogP contribution >= 0.6 is 7.14 Å². The van der Waals surface area contributed by atoms with Gasteiger partial charge in [0.05, 0.1) is 23.1 Å². The molecule has 2 aliphatic rings. The number of hydrogen-bond donors (Lipinski definition) is 1. The Labute approximate surface area is 208 Å². The number of benzene rings is 3. The molecule has 0 saturated heterocycles. The number of ether oxygens (including phenoxy) is 1. The van der Waals surface area contributed by atoms with Gasteiger partial charge in [0.1, 0.15) is 30.4 Å². The number of amides is 1. The largest absolute Gasteiger partial charge is 0.434 e. The summed E-state index contributed by atoms with van der Waals surface area (Å²) in [4.78, 5) is 17.4. The van der Waals surface area contributed by atoms with E-state index in [9.17, 15) is 18.1 Å². The van der Waals surface area contributed by atoms with E-state index in [1.54, 1.807) is 4.57 Å². The standard InChI is InChI=1S/C26H20F4N3O3P/c1-37(2,35)12-6-7-13(16(27)8-12)15-9-20-18(10-17(15)28)31-24-19-11-21(33(20)24)23-14(25(34)32-19)4-3-5-22(23)36-26(29)30/h3-10,19,21,26H,11H2,1-2H3,(H,32,34)/t19-,21-/m1/s1. The summed E-state index contributed by atoms with van der Waals surface area (Å²) >= 11 is 0. The fraction of sp³-hybridized carbons (Fsp3) is 0.231. The zero-order chi connectivity index (χ0) is 26.2. The first-order valence-corrected chi connectivity index (χ1v) is 14.1. The number of imidazole rings is 1. The predicted octanol–water partition coefficient (Wildman–Crippen LogP) is 5.61. The van der Waals surface area contributed by atoms with Crippen LogP contribution in [-0.2, 0) is 4.57 Å². The Hall–Kier alpha value is -3.65. The number of halogens is 4. The summed E-state index contributed by atoms with van der Waals surface area (Å²) in [6.45, 7) is -0.0537. The normalized spacial score (nSPS) is 18.5. The highest BCUT2D eigenvalue weighted by molar-refractivity contribution is 7.70. The lowest BCUT2D eigenvalue weighted by molar-refractivity contribution is -0.0507. The van der Waals surface area contributed by atoms with Gasteiger partial charge in [0.25, 0.3) is 5.91 Å². The van der Waals surface area contributed by atoms with Crippen molar-refractivity contribution in [1.82, 2.24) is 14.9 Å². The zero-order valence-corrected chi connectivity index (χ0v) is 20.5. The Morgan fingerprint density at radius 1 is 1.05 bits per heavy atom. The monoisotopic (exact) mass is 529 g/mol. The van der Waals surface area contributed by atoms with Gasteiger partial charge in [-0.3, -0.25) is 4.79 Å². The van der Waals surface area contributed by atoms with Crippen molar-refractivity contribution in [2.24, 2.45) is 0 Å². The van der Waals surface area contributed by atoms with E-state index in [4.69, 9.17) is 4.74 Å². The number of fused-ring (bicyclic) bond motifs is 9. The van der Waals surface area contributed by atoms with Crippen LogP contribution < -0.4 is 15.4 Å². The topological polar surface area (TPSA) is 73.2 Å². The summed E-state index contributed by atoms with van der Waals surface area (Å²) < 4.78 is 75.6. The third-order valence-electron chi connectivity index (χ3n) is 6.92. The van der Waals surface area contributed by atoms with Gasteiger partial charge in [0.2, 0.25) is 0 Å². The molecule has 1 amide bonds. The second kappa shape index (κ2) is 8.18. The molecule has 11 heteroatoms. The van der Waals surface area contributed by atoms with Crippen LogP contribution in [0.2, 0.25) is 0 Å². The summed E-state index contributed by atoms with van der Waals surface area (Å²) in [6.07, 6.45) is 0.332. The summed E-state index contributed by atoms with van der Waals surface area (Å²) in [7, 11) is -2.72.